The molecule has 0 radical (unpaired) electrons. The quantitative estimate of drug-likeness (QED) is 0.464. The van der Waals surface area contributed by atoms with Crippen molar-refractivity contribution < 1.29 is 28.2 Å². The molecule has 0 unspecified atom stereocenters. The SMILES string of the molecule is C[C@@H]1COCCN1c1cc(N(C(=O)OC(C)(C)C)C(=O)OC(C)(C)C)nc(-c2cc(F)cc3[nH]ccc23)n1. The smallest absolute Gasteiger partial charge is 0.425 e. The number of nitrogens with zero attached hydrogens (tertiary/aromatic N) is 4. The van der Waals surface area contributed by atoms with Gasteiger partial charge in [-0.25, -0.2) is 23.9 Å². The first-order valence-corrected chi connectivity index (χ1v) is 12.5. The van der Waals surface area contributed by atoms with Crippen LogP contribution in [0.3, 0.4) is 0 Å². The molecule has 3 aromatic rings. The highest BCUT2D eigenvalue weighted by molar-refractivity contribution is 6.09. The first-order valence-electron chi connectivity index (χ1n) is 12.5. The number of hydrogen-bond acceptors (Lipinski definition) is 8. The molecule has 1 saturated heterocycles. The van der Waals surface area contributed by atoms with Crippen LogP contribution in [0.1, 0.15) is 48.5 Å². The molecule has 10 nitrogen and oxygen atoms in total. The molecule has 4 rings (SSSR count). The Morgan fingerprint density at radius 2 is 1.74 bits per heavy atom. The maximum Gasteiger partial charge on any atom is 0.425 e. The number of halogens is 1. The van der Waals surface area contributed by atoms with E-state index in [9.17, 15) is 14.0 Å². The van der Waals surface area contributed by atoms with Gasteiger partial charge >= 0.3 is 12.2 Å². The van der Waals surface area contributed by atoms with Gasteiger partial charge in [-0.3, -0.25) is 0 Å². The van der Waals surface area contributed by atoms with Crippen molar-refractivity contribution in [3.8, 4) is 11.4 Å². The molecule has 0 aliphatic carbocycles. The second-order valence-corrected chi connectivity index (χ2v) is 11.2. The van der Waals surface area contributed by atoms with Crippen molar-refractivity contribution in [2.45, 2.75) is 65.7 Å². The molecule has 0 spiro atoms. The minimum absolute atomic E-state index is 0.0457. The van der Waals surface area contributed by atoms with Crippen LogP contribution < -0.4 is 9.80 Å². The Kier molecular flexibility index (Phi) is 7.33. The molecular formula is C27H34FN5O5. The highest BCUT2D eigenvalue weighted by atomic mass is 19.1. The number of carbonyl (C=O) groups excluding carboxylic acids is 2. The van der Waals surface area contributed by atoms with Crippen LogP contribution in [0, 0.1) is 5.82 Å². The summed E-state index contributed by atoms with van der Waals surface area (Å²) in [6.07, 6.45) is -0.220. The van der Waals surface area contributed by atoms with Gasteiger partial charge in [0.15, 0.2) is 11.6 Å². The van der Waals surface area contributed by atoms with E-state index in [4.69, 9.17) is 19.2 Å². The number of aromatic nitrogens is 3. The van der Waals surface area contributed by atoms with Crippen molar-refractivity contribution in [3.63, 3.8) is 0 Å². The fourth-order valence-electron chi connectivity index (χ4n) is 4.07. The number of nitrogens with one attached hydrogen (secondary N) is 1. The van der Waals surface area contributed by atoms with E-state index in [1.807, 2.05) is 11.8 Å². The Morgan fingerprint density at radius 3 is 2.34 bits per heavy atom. The summed E-state index contributed by atoms with van der Waals surface area (Å²) in [7, 11) is 0. The Balaban J connectivity index is 1.93. The number of morpholine rings is 1. The van der Waals surface area contributed by atoms with Crippen LogP contribution in [0.15, 0.2) is 30.5 Å². The lowest BCUT2D eigenvalue weighted by Gasteiger charge is -2.35. The normalized spacial score (nSPS) is 16.4. The maximum absolute atomic E-state index is 14.6. The summed E-state index contributed by atoms with van der Waals surface area (Å²) >= 11 is 0. The van der Waals surface area contributed by atoms with Crippen molar-refractivity contribution in [3.05, 3.63) is 36.3 Å². The summed E-state index contributed by atoms with van der Waals surface area (Å²) in [5, 5.41) is 0.686. The van der Waals surface area contributed by atoms with Crippen molar-refractivity contribution in [2.75, 3.05) is 29.6 Å². The number of imide groups is 1. The molecule has 1 aromatic carbocycles. The molecular weight excluding hydrogens is 493 g/mol. The van der Waals surface area contributed by atoms with E-state index in [-0.39, 0.29) is 17.7 Å². The molecule has 1 N–H and O–H groups in total. The number of ether oxygens (including phenoxy) is 3. The Bertz CT molecular complexity index is 1320. The molecule has 2 aromatic heterocycles. The minimum Gasteiger partial charge on any atom is -0.443 e. The zero-order valence-corrected chi connectivity index (χ0v) is 22.8. The predicted octanol–water partition coefficient (Wildman–Crippen LogP) is 5.67. The van der Waals surface area contributed by atoms with Gasteiger partial charge in [0, 0.05) is 35.3 Å². The van der Waals surface area contributed by atoms with Gasteiger partial charge in [-0.15, -0.1) is 0 Å². The number of aromatic amines is 1. The zero-order chi connectivity index (χ0) is 27.8. The number of benzene rings is 1. The minimum atomic E-state index is -0.955. The molecule has 38 heavy (non-hydrogen) atoms. The topological polar surface area (TPSA) is 110 Å². The fourth-order valence-corrected chi connectivity index (χ4v) is 4.07. The largest absolute Gasteiger partial charge is 0.443 e. The lowest BCUT2D eigenvalue weighted by atomic mass is 10.1. The van der Waals surface area contributed by atoms with Gasteiger partial charge in [0.25, 0.3) is 0 Å². The van der Waals surface area contributed by atoms with Crippen molar-refractivity contribution in [1.82, 2.24) is 15.0 Å². The molecule has 1 atom stereocenters. The number of amides is 2. The first-order chi connectivity index (χ1) is 17.7. The summed E-state index contributed by atoms with van der Waals surface area (Å²) in [5.41, 5.74) is -0.825. The van der Waals surface area contributed by atoms with E-state index in [0.717, 1.165) is 4.90 Å². The van der Waals surface area contributed by atoms with Gasteiger partial charge < -0.3 is 24.1 Å². The van der Waals surface area contributed by atoms with Gasteiger partial charge in [0.05, 0.1) is 19.3 Å². The first kappa shape index (κ1) is 27.3. The van der Waals surface area contributed by atoms with Crippen LogP contribution in [-0.2, 0) is 14.2 Å². The number of fused-ring (bicyclic) bond motifs is 1. The molecule has 0 saturated carbocycles. The van der Waals surface area contributed by atoms with E-state index in [2.05, 4.69) is 9.97 Å². The van der Waals surface area contributed by atoms with Crippen LogP contribution in [0.2, 0.25) is 0 Å². The lowest BCUT2D eigenvalue weighted by Crippen LogP contribution is -2.45. The van der Waals surface area contributed by atoms with Gasteiger partial charge in [-0.2, -0.15) is 4.90 Å². The summed E-state index contributed by atoms with van der Waals surface area (Å²) < 4.78 is 31.3. The second kappa shape index (κ2) is 10.2. The molecule has 1 aliphatic heterocycles. The highest BCUT2D eigenvalue weighted by Gasteiger charge is 2.35. The van der Waals surface area contributed by atoms with Crippen LogP contribution >= 0.6 is 0 Å². The Labute approximate surface area is 221 Å². The summed E-state index contributed by atoms with van der Waals surface area (Å²) in [6.45, 7) is 13.6. The van der Waals surface area contributed by atoms with Crippen molar-refractivity contribution in [1.29, 1.82) is 0 Å². The number of H-pyrrole nitrogens is 1. The average Bonchev–Trinajstić information content (AvgIpc) is 3.24. The second-order valence-electron chi connectivity index (χ2n) is 11.2. The third-order valence-electron chi connectivity index (χ3n) is 5.62. The summed E-state index contributed by atoms with van der Waals surface area (Å²) in [6, 6.07) is 5.98. The molecule has 11 heteroatoms. The van der Waals surface area contributed by atoms with E-state index in [1.165, 1.54) is 18.2 Å². The van der Waals surface area contributed by atoms with E-state index in [0.29, 0.717) is 42.0 Å². The van der Waals surface area contributed by atoms with Crippen LogP contribution in [-0.4, -0.2) is 64.1 Å². The zero-order valence-electron chi connectivity index (χ0n) is 22.8. The molecule has 2 amide bonds. The molecule has 204 valence electrons. The fraction of sp³-hybridized carbons (Fsp3) is 0.481. The third kappa shape index (κ3) is 6.21. The molecule has 0 bridgehead atoms. The van der Waals surface area contributed by atoms with Crippen molar-refractivity contribution >= 4 is 34.7 Å². The van der Waals surface area contributed by atoms with E-state index >= 15 is 0 Å². The summed E-state index contributed by atoms with van der Waals surface area (Å²) in [5.74, 6) is 0.0461. The third-order valence-corrected chi connectivity index (χ3v) is 5.62. The number of anilines is 2. The molecule has 1 fully saturated rings. The standard InChI is InChI=1S/C27H34FN5O5/c1-16-15-36-11-10-32(16)21-14-22(33(24(34)37-26(2,3)4)25(35)38-27(5,6)7)31-23(30-21)19-12-17(28)13-20-18(19)8-9-29-20/h8-9,12-14,16,29H,10-11,15H2,1-7H3/t16-/m1/s1. The van der Waals surface area contributed by atoms with Crippen LogP contribution in [0.25, 0.3) is 22.3 Å². The van der Waals surface area contributed by atoms with Gasteiger partial charge in [-0.1, -0.05) is 0 Å². The average molecular weight is 528 g/mol. The van der Waals surface area contributed by atoms with E-state index in [1.54, 1.807) is 53.8 Å². The predicted molar refractivity (Wildman–Crippen MR) is 142 cm³/mol. The lowest BCUT2D eigenvalue weighted by molar-refractivity contribution is 0.0429. The number of rotatable bonds is 3. The van der Waals surface area contributed by atoms with Crippen molar-refractivity contribution in [2.24, 2.45) is 0 Å². The van der Waals surface area contributed by atoms with E-state index < -0.39 is 29.2 Å². The Hall–Kier alpha value is -3.73. The number of carbonyl (C=O) groups is 2. The van der Waals surface area contributed by atoms with Gasteiger partial charge in [0.1, 0.15) is 22.8 Å². The maximum atomic E-state index is 14.6. The van der Waals surface area contributed by atoms with Gasteiger partial charge in [0.2, 0.25) is 0 Å². The molecule has 3 heterocycles. The number of hydrogen-bond donors (Lipinski definition) is 1. The summed E-state index contributed by atoms with van der Waals surface area (Å²) in [4.78, 5) is 41.8. The monoisotopic (exact) mass is 527 g/mol. The Morgan fingerprint density at radius 1 is 1.08 bits per heavy atom. The highest BCUT2D eigenvalue weighted by Crippen LogP contribution is 2.32. The van der Waals surface area contributed by atoms with Crippen LogP contribution in [0.5, 0.6) is 0 Å². The molecule has 1 aliphatic rings. The van der Waals surface area contributed by atoms with Gasteiger partial charge in [-0.05, 0) is 66.7 Å². The van der Waals surface area contributed by atoms with Crippen LogP contribution in [0.4, 0.5) is 25.6 Å².